The van der Waals surface area contributed by atoms with Gasteiger partial charge >= 0.3 is 0 Å². The van der Waals surface area contributed by atoms with Gasteiger partial charge in [-0.2, -0.15) is 4.37 Å². The number of nitrogens with zero attached hydrogens (tertiary/aromatic N) is 4. The number of hydrogen-bond acceptors (Lipinski definition) is 10. The van der Waals surface area contributed by atoms with Crippen molar-refractivity contribution in [2.24, 2.45) is 10.2 Å². The summed E-state index contributed by atoms with van der Waals surface area (Å²) in [6.07, 6.45) is 2.57. The molecule has 41 heavy (non-hydrogen) atoms. The summed E-state index contributed by atoms with van der Waals surface area (Å²) in [6, 6.07) is 20.5. The van der Waals surface area contributed by atoms with E-state index in [-0.39, 0.29) is 0 Å². The molecule has 0 spiro atoms. The number of azo groups is 1. The number of hydrazine groups is 2. The highest BCUT2D eigenvalue weighted by Gasteiger charge is 2.14. The number of aryl methyl sites for hydroxylation is 2. The van der Waals surface area contributed by atoms with Crippen LogP contribution in [0.2, 0.25) is 0 Å². The van der Waals surface area contributed by atoms with Crippen LogP contribution in [0.1, 0.15) is 24.0 Å². The summed E-state index contributed by atoms with van der Waals surface area (Å²) in [6.45, 7) is 6.43. The number of hydrogen-bond donors (Lipinski definition) is 4. The van der Waals surface area contributed by atoms with Crippen LogP contribution in [0.25, 0.3) is 10.9 Å². The van der Waals surface area contributed by atoms with Crippen LogP contribution in [0.15, 0.2) is 79.8 Å². The molecule has 3 heterocycles. The Labute approximate surface area is 263 Å². The van der Waals surface area contributed by atoms with Crippen LogP contribution in [0.4, 0.5) is 37.8 Å². The van der Waals surface area contributed by atoms with Gasteiger partial charge in [0.2, 0.25) is 0 Å². The Morgan fingerprint density at radius 2 is 1.56 bits per heavy atom. The van der Waals surface area contributed by atoms with Crippen molar-refractivity contribution in [2.45, 2.75) is 26.7 Å². The second kappa shape index (κ2) is 12.4. The van der Waals surface area contributed by atoms with E-state index in [0.29, 0.717) is 0 Å². The average molecular weight is 713 g/mol. The second-order valence-electron chi connectivity index (χ2n) is 9.83. The van der Waals surface area contributed by atoms with Crippen LogP contribution in [0.3, 0.4) is 0 Å². The summed E-state index contributed by atoms with van der Waals surface area (Å²) in [5, 5.41) is 13.2. The summed E-state index contributed by atoms with van der Waals surface area (Å²) < 4.78 is 6.41. The van der Waals surface area contributed by atoms with Gasteiger partial charge in [0.15, 0.2) is 5.00 Å². The molecule has 5 aromatic rings. The van der Waals surface area contributed by atoms with Gasteiger partial charge in [-0.15, -0.1) is 10.2 Å². The first-order valence-electron chi connectivity index (χ1n) is 13.2. The lowest BCUT2D eigenvalue weighted by atomic mass is 10.2. The van der Waals surface area contributed by atoms with Gasteiger partial charge < -0.3 is 21.2 Å². The molecule has 6 rings (SSSR count). The summed E-state index contributed by atoms with van der Waals surface area (Å²) in [4.78, 5) is 2.45. The highest BCUT2D eigenvalue weighted by atomic mass is 79.9. The Kier molecular flexibility index (Phi) is 8.42. The van der Waals surface area contributed by atoms with Gasteiger partial charge in [-0.3, -0.25) is 5.43 Å². The molecule has 2 aromatic heterocycles. The Morgan fingerprint density at radius 1 is 0.805 bits per heavy atom. The Bertz CT molecular complexity index is 1730. The molecule has 3 aromatic carbocycles. The number of anilines is 5. The first-order valence-corrected chi connectivity index (χ1v) is 16.4. The third-order valence-corrected chi connectivity index (χ3v) is 9.71. The van der Waals surface area contributed by atoms with E-state index in [2.05, 4.69) is 104 Å². The Hall–Kier alpha value is -3.19. The van der Waals surface area contributed by atoms with E-state index < -0.39 is 0 Å². The highest BCUT2D eigenvalue weighted by Crippen LogP contribution is 2.38. The standard InChI is InChI=1S/C29H28Br2N8S2/c1-17-14-21(33-36-26-9-10-27(40-26)39-11-3-4-12-39)6-7-24(17)34-32-20-5-8-25(18(2)13-20)35-37-29-22-15-19(30)16-23(31)28(22)38-41-29/h5-10,13-16,32-34,36H,3-4,11-12H2,1-2H3/b37-35+. The monoisotopic (exact) mass is 710 g/mol. The van der Waals surface area contributed by atoms with Crippen LogP contribution in [-0.2, 0) is 0 Å². The van der Waals surface area contributed by atoms with E-state index in [9.17, 15) is 0 Å². The minimum absolute atomic E-state index is 0.774. The largest absolute Gasteiger partial charge is 0.363 e. The number of nitrogens with one attached hydrogen (secondary N) is 4. The van der Waals surface area contributed by atoms with Gasteiger partial charge in [0, 0.05) is 27.4 Å². The lowest BCUT2D eigenvalue weighted by molar-refractivity contribution is 0.949. The maximum absolute atomic E-state index is 4.51. The number of aromatic nitrogens is 1. The average Bonchev–Trinajstić information content (AvgIpc) is 3.72. The summed E-state index contributed by atoms with van der Waals surface area (Å²) in [5.74, 6) is 0. The normalized spacial score (nSPS) is 13.3. The number of thiophene rings is 1. The van der Waals surface area contributed by atoms with E-state index in [1.54, 1.807) is 11.3 Å². The molecule has 1 aliphatic rings. The molecule has 0 amide bonds. The minimum Gasteiger partial charge on any atom is -0.363 e. The molecule has 210 valence electrons. The van der Waals surface area contributed by atoms with Crippen LogP contribution >= 0.6 is 54.7 Å². The van der Waals surface area contributed by atoms with Gasteiger partial charge in [0.25, 0.3) is 0 Å². The van der Waals surface area contributed by atoms with Gasteiger partial charge in [-0.25, -0.2) is 0 Å². The molecule has 0 saturated carbocycles. The van der Waals surface area contributed by atoms with Crippen molar-refractivity contribution in [3.8, 4) is 0 Å². The van der Waals surface area contributed by atoms with Gasteiger partial charge in [-0.05, 0) is 126 Å². The predicted molar refractivity (Wildman–Crippen MR) is 182 cm³/mol. The van der Waals surface area contributed by atoms with Crippen molar-refractivity contribution in [3.05, 3.63) is 80.7 Å². The fourth-order valence-electron chi connectivity index (χ4n) is 4.63. The smallest absolute Gasteiger partial charge is 0.166 e. The zero-order chi connectivity index (χ0) is 28.3. The lowest BCUT2D eigenvalue weighted by Gasteiger charge is -2.15. The molecule has 1 aliphatic heterocycles. The van der Waals surface area contributed by atoms with E-state index in [0.717, 1.165) is 76.8 Å². The van der Waals surface area contributed by atoms with Crippen LogP contribution in [0.5, 0.6) is 0 Å². The van der Waals surface area contributed by atoms with Gasteiger partial charge in [-0.1, -0.05) is 27.3 Å². The number of fused-ring (bicyclic) bond motifs is 1. The molecule has 0 aliphatic carbocycles. The van der Waals surface area contributed by atoms with Crippen molar-refractivity contribution in [1.29, 1.82) is 0 Å². The van der Waals surface area contributed by atoms with E-state index in [4.69, 9.17) is 0 Å². The van der Waals surface area contributed by atoms with E-state index in [1.807, 2.05) is 43.3 Å². The molecule has 1 saturated heterocycles. The predicted octanol–water partition coefficient (Wildman–Crippen LogP) is 10.4. The number of halogens is 2. The van der Waals surface area contributed by atoms with E-state index in [1.165, 1.54) is 29.4 Å². The van der Waals surface area contributed by atoms with Crippen LogP contribution < -0.4 is 26.6 Å². The molecule has 8 nitrogen and oxygen atoms in total. The Balaban J connectivity index is 1.05. The molecule has 0 radical (unpaired) electrons. The zero-order valence-corrected chi connectivity index (χ0v) is 27.3. The first-order chi connectivity index (χ1) is 19.9. The van der Waals surface area contributed by atoms with Gasteiger partial charge in [0.1, 0.15) is 10.5 Å². The van der Waals surface area contributed by atoms with Crippen molar-refractivity contribution >= 4 is 103 Å². The van der Waals surface area contributed by atoms with Gasteiger partial charge in [0.05, 0.1) is 27.8 Å². The summed E-state index contributed by atoms with van der Waals surface area (Å²) in [7, 11) is 0. The maximum atomic E-state index is 4.51. The summed E-state index contributed by atoms with van der Waals surface area (Å²) >= 11 is 10.2. The number of benzene rings is 3. The SMILES string of the molecule is Cc1cc(NNc2ccc(NNc3ccc(N4CCCC4)s3)cc2C)ccc1/N=N/c1snc2c(Br)cc(Br)cc12. The minimum atomic E-state index is 0.774. The fourth-order valence-corrected chi connectivity index (χ4v) is 7.68. The molecular formula is C29H28Br2N8S2. The second-order valence-corrected chi connectivity index (χ2v) is 13.4. The fraction of sp³-hybridized carbons (Fsp3) is 0.207. The van der Waals surface area contributed by atoms with Crippen molar-refractivity contribution in [1.82, 2.24) is 4.37 Å². The van der Waals surface area contributed by atoms with Crippen molar-refractivity contribution in [3.63, 3.8) is 0 Å². The van der Waals surface area contributed by atoms with E-state index >= 15 is 0 Å². The third kappa shape index (κ3) is 6.50. The zero-order valence-electron chi connectivity index (χ0n) is 22.5. The molecule has 0 bridgehead atoms. The third-order valence-electron chi connectivity index (χ3n) is 6.83. The molecule has 0 unspecified atom stereocenters. The van der Waals surface area contributed by atoms with Crippen molar-refractivity contribution in [2.75, 3.05) is 39.7 Å². The lowest BCUT2D eigenvalue weighted by Crippen LogP contribution is -2.15. The van der Waals surface area contributed by atoms with Crippen LogP contribution in [0, 0.1) is 13.8 Å². The van der Waals surface area contributed by atoms with Crippen molar-refractivity contribution < 1.29 is 0 Å². The molecule has 0 atom stereocenters. The molecule has 1 fully saturated rings. The molecular weight excluding hydrogens is 684 g/mol. The van der Waals surface area contributed by atoms with Crippen LogP contribution in [-0.4, -0.2) is 17.5 Å². The highest BCUT2D eigenvalue weighted by molar-refractivity contribution is 9.11. The molecule has 4 N–H and O–H groups in total. The summed E-state index contributed by atoms with van der Waals surface area (Å²) in [5.41, 5.74) is 20.1. The first kappa shape index (κ1) is 28.0. The number of rotatable bonds is 9. The molecule has 12 heteroatoms. The maximum Gasteiger partial charge on any atom is 0.166 e. The topological polar surface area (TPSA) is 89.0 Å². The quantitative estimate of drug-likeness (QED) is 0.0899. The Morgan fingerprint density at radius 3 is 2.34 bits per heavy atom.